The predicted molar refractivity (Wildman–Crippen MR) is 116 cm³/mol. The van der Waals surface area contributed by atoms with Gasteiger partial charge in [-0.25, -0.2) is 15.0 Å². The average molecular weight is 390 g/mol. The van der Waals surface area contributed by atoms with Gasteiger partial charge in [0.1, 0.15) is 11.2 Å². The fourth-order valence-electron chi connectivity index (χ4n) is 4.23. The van der Waals surface area contributed by atoms with Crippen molar-refractivity contribution >= 4 is 11.1 Å². The van der Waals surface area contributed by atoms with Gasteiger partial charge in [-0.3, -0.25) is 4.98 Å². The number of para-hydroxylation sites is 2. The van der Waals surface area contributed by atoms with Gasteiger partial charge in [0.25, 0.3) is 0 Å². The van der Waals surface area contributed by atoms with Gasteiger partial charge in [-0.2, -0.15) is 0 Å². The molecule has 0 N–H and O–H groups in total. The van der Waals surface area contributed by atoms with Gasteiger partial charge in [0.15, 0.2) is 11.4 Å². The number of benzene rings is 2. The molecule has 0 unspecified atom stereocenters. The van der Waals surface area contributed by atoms with Crippen LogP contribution in [-0.2, 0) is 5.41 Å². The molecule has 0 spiro atoms. The van der Waals surface area contributed by atoms with Crippen LogP contribution in [0.15, 0.2) is 77.5 Å². The number of aromatic nitrogens is 4. The molecule has 3 aromatic heterocycles. The van der Waals surface area contributed by atoms with Crippen molar-refractivity contribution in [2.75, 3.05) is 0 Å². The second-order valence-corrected chi connectivity index (χ2v) is 8.04. The molecule has 0 saturated carbocycles. The molecule has 1 aliphatic carbocycles. The number of oxazole rings is 1. The summed E-state index contributed by atoms with van der Waals surface area (Å²) in [5.41, 5.74) is 7.61. The lowest BCUT2D eigenvalue weighted by atomic mass is 9.83. The van der Waals surface area contributed by atoms with Crippen LogP contribution in [0.5, 0.6) is 0 Å². The van der Waals surface area contributed by atoms with E-state index in [1.807, 2.05) is 42.6 Å². The van der Waals surface area contributed by atoms with Crippen LogP contribution in [0.3, 0.4) is 0 Å². The maximum Gasteiger partial charge on any atom is 0.246 e. The lowest BCUT2D eigenvalue weighted by Crippen LogP contribution is -2.15. The smallest absolute Gasteiger partial charge is 0.246 e. The summed E-state index contributed by atoms with van der Waals surface area (Å²) in [6.07, 6.45) is 3.70. The highest BCUT2D eigenvalue weighted by Gasteiger charge is 2.36. The van der Waals surface area contributed by atoms with Crippen LogP contribution in [0.1, 0.15) is 25.0 Å². The number of pyridine rings is 1. The van der Waals surface area contributed by atoms with Gasteiger partial charge in [0, 0.05) is 34.5 Å². The standard InChI is InChI=1S/C25H18N4O/c1-25(2)17-8-4-3-7-16(17)22-18(25)14-27-23(29-22)15-11-12-26-20(13-15)24-28-19-9-5-6-10-21(19)30-24/h3-14H,1-2H3. The van der Waals surface area contributed by atoms with Crippen molar-refractivity contribution in [2.45, 2.75) is 19.3 Å². The first-order chi connectivity index (χ1) is 14.6. The highest BCUT2D eigenvalue weighted by atomic mass is 16.3. The zero-order valence-electron chi connectivity index (χ0n) is 16.6. The fourth-order valence-corrected chi connectivity index (χ4v) is 4.23. The molecule has 0 radical (unpaired) electrons. The molecule has 5 nitrogen and oxygen atoms in total. The van der Waals surface area contributed by atoms with Crippen molar-refractivity contribution in [1.29, 1.82) is 0 Å². The third-order valence-corrected chi connectivity index (χ3v) is 5.85. The molecule has 1 aliphatic rings. The van der Waals surface area contributed by atoms with Crippen LogP contribution in [-0.4, -0.2) is 19.9 Å². The van der Waals surface area contributed by atoms with Gasteiger partial charge >= 0.3 is 0 Å². The van der Waals surface area contributed by atoms with E-state index in [0.29, 0.717) is 17.4 Å². The quantitative estimate of drug-likeness (QED) is 0.389. The molecule has 144 valence electrons. The molecule has 30 heavy (non-hydrogen) atoms. The number of hydrogen-bond acceptors (Lipinski definition) is 5. The second-order valence-electron chi connectivity index (χ2n) is 8.04. The Morgan fingerprint density at radius 2 is 1.67 bits per heavy atom. The summed E-state index contributed by atoms with van der Waals surface area (Å²) in [4.78, 5) is 18.6. The molecule has 0 saturated heterocycles. The lowest BCUT2D eigenvalue weighted by Gasteiger charge is -2.20. The number of fused-ring (bicyclic) bond motifs is 4. The van der Waals surface area contributed by atoms with E-state index in [-0.39, 0.29) is 5.41 Å². The summed E-state index contributed by atoms with van der Waals surface area (Å²) >= 11 is 0. The van der Waals surface area contributed by atoms with Gasteiger partial charge in [0.05, 0.1) is 5.69 Å². The molecule has 0 fully saturated rings. The molecule has 0 amide bonds. The molecule has 3 heterocycles. The number of rotatable bonds is 2. The predicted octanol–water partition coefficient (Wildman–Crippen LogP) is 5.65. The van der Waals surface area contributed by atoms with E-state index < -0.39 is 0 Å². The van der Waals surface area contributed by atoms with E-state index in [1.54, 1.807) is 6.20 Å². The third kappa shape index (κ3) is 2.42. The first kappa shape index (κ1) is 17.0. The van der Waals surface area contributed by atoms with Crippen molar-refractivity contribution in [3.8, 4) is 34.2 Å². The Bertz CT molecular complexity index is 1400. The first-order valence-corrected chi connectivity index (χ1v) is 9.91. The summed E-state index contributed by atoms with van der Waals surface area (Å²) in [5.74, 6) is 1.16. The topological polar surface area (TPSA) is 64.7 Å². The van der Waals surface area contributed by atoms with Gasteiger partial charge in [-0.1, -0.05) is 50.2 Å². The fraction of sp³-hybridized carbons (Fsp3) is 0.120. The van der Waals surface area contributed by atoms with Crippen LogP contribution in [0, 0.1) is 0 Å². The minimum Gasteiger partial charge on any atom is -0.435 e. The van der Waals surface area contributed by atoms with Gasteiger partial charge in [0.2, 0.25) is 5.89 Å². The van der Waals surface area contributed by atoms with Crippen LogP contribution < -0.4 is 0 Å². The van der Waals surface area contributed by atoms with Crippen molar-refractivity contribution in [3.05, 3.63) is 84.2 Å². The van der Waals surface area contributed by atoms with E-state index in [4.69, 9.17) is 9.40 Å². The molecule has 5 aromatic rings. The number of hydrogen-bond donors (Lipinski definition) is 0. The molecule has 0 aliphatic heterocycles. The second kappa shape index (κ2) is 6.07. The van der Waals surface area contributed by atoms with Crippen molar-refractivity contribution < 1.29 is 4.42 Å². The minimum absolute atomic E-state index is 0.105. The van der Waals surface area contributed by atoms with E-state index in [0.717, 1.165) is 27.9 Å². The van der Waals surface area contributed by atoms with Crippen molar-refractivity contribution in [2.24, 2.45) is 0 Å². The highest BCUT2D eigenvalue weighted by Crippen LogP contribution is 2.47. The molecule has 0 atom stereocenters. The molecule has 5 heteroatoms. The van der Waals surface area contributed by atoms with Crippen LogP contribution in [0.25, 0.3) is 45.3 Å². The van der Waals surface area contributed by atoms with Crippen molar-refractivity contribution in [1.82, 2.24) is 19.9 Å². The molecule has 0 bridgehead atoms. The van der Waals surface area contributed by atoms with Gasteiger partial charge < -0.3 is 4.42 Å². The highest BCUT2D eigenvalue weighted by molar-refractivity contribution is 5.79. The molecular formula is C25H18N4O. The average Bonchev–Trinajstić information content (AvgIpc) is 3.32. The largest absolute Gasteiger partial charge is 0.435 e. The molecule has 2 aromatic carbocycles. The van der Waals surface area contributed by atoms with E-state index >= 15 is 0 Å². The van der Waals surface area contributed by atoms with Gasteiger partial charge in [-0.05, 0) is 29.8 Å². The monoisotopic (exact) mass is 390 g/mol. The Labute approximate surface area is 173 Å². The Morgan fingerprint density at radius 3 is 2.57 bits per heavy atom. The summed E-state index contributed by atoms with van der Waals surface area (Å²) in [6, 6.07) is 20.0. The van der Waals surface area contributed by atoms with Crippen LogP contribution in [0.2, 0.25) is 0 Å². The Balaban J connectivity index is 1.47. The summed E-state index contributed by atoms with van der Waals surface area (Å²) < 4.78 is 5.88. The Morgan fingerprint density at radius 1 is 0.833 bits per heavy atom. The first-order valence-electron chi connectivity index (χ1n) is 9.91. The normalized spacial score (nSPS) is 13.9. The maximum absolute atomic E-state index is 5.88. The van der Waals surface area contributed by atoms with E-state index in [2.05, 4.69) is 53.1 Å². The summed E-state index contributed by atoms with van der Waals surface area (Å²) in [7, 11) is 0. The zero-order chi connectivity index (χ0) is 20.3. The molecular weight excluding hydrogens is 372 g/mol. The van der Waals surface area contributed by atoms with Gasteiger partial charge in [-0.15, -0.1) is 0 Å². The van der Waals surface area contributed by atoms with Crippen molar-refractivity contribution in [3.63, 3.8) is 0 Å². The van der Waals surface area contributed by atoms with E-state index in [9.17, 15) is 0 Å². The summed E-state index contributed by atoms with van der Waals surface area (Å²) in [5, 5.41) is 0. The van der Waals surface area contributed by atoms with E-state index in [1.165, 1.54) is 11.1 Å². The van der Waals surface area contributed by atoms with Crippen LogP contribution in [0.4, 0.5) is 0 Å². The Hall–Kier alpha value is -3.86. The zero-order valence-corrected chi connectivity index (χ0v) is 16.6. The Kier molecular flexibility index (Phi) is 3.45. The molecule has 6 rings (SSSR count). The SMILES string of the molecule is CC1(C)c2ccccc2-c2nc(-c3ccnc(-c4nc5ccccc5o4)c3)ncc21. The lowest BCUT2D eigenvalue weighted by molar-refractivity contribution is 0.617. The number of nitrogens with zero attached hydrogens (tertiary/aromatic N) is 4. The third-order valence-electron chi connectivity index (χ3n) is 5.85. The summed E-state index contributed by atoms with van der Waals surface area (Å²) in [6.45, 7) is 4.44. The maximum atomic E-state index is 5.88. The van der Waals surface area contributed by atoms with Crippen LogP contribution >= 0.6 is 0 Å². The minimum atomic E-state index is -0.105.